The summed E-state index contributed by atoms with van der Waals surface area (Å²) in [6.07, 6.45) is 2.09. The third kappa shape index (κ3) is 5.97. The first-order valence-electron chi connectivity index (χ1n) is 10.3. The van der Waals surface area contributed by atoms with Crippen molar-refractivity contribution in [3.8, 4) is 0 Å². The molecule has 2 N–H and O–H groups in total. The molecule has 1 aromatic heterocycles. The van der Waals surface area contributed by atoms with E-state index in [1.54, 1.807) is 11.3 Å². The molecule has 0 radical (unpaired) electrons. The highest BCUT2D eigenvalue weighted by Gasteiger charge is 2.20. The van der Waals surface area contributed by atoms with Crippen LogP contribution in [0.3, 0.4) is 0 Å². The fourth-order valence-electron chi connectivity index (χ4n) is 3.36. The summed E-state index contributed by atoms with van der Waals surface area (Å²) in [5.41, 5.74) is 1.84. The number of guanidine groups is 1. The van der Waals surface area contributed by atoms with Crippen LogP contribution in [0.4, 0.5) is 5.00 Å². The molecule has 3 rings (SSSR count). The molecule has 0 bridgehead atoms. The second-order valence-electron chi connectivity index (χ2n) is 7.13. The van der Waals surface area contributed by atoms with E-state index in [1.165, 1.54) is 5.00 Å². The van der Waals surface area contributed by atoms with Crippen molar-refractivity contribution in [3.05, 3.63) is 52.9 Å². The van der Waals surface area contributed by atoms with Gasteiger partial charge in [0.1, 0.15) is 0 Å². The van der Waals surface area contributed by atoms with E-state index in [-0.39, 0.29) is 5.91 Å². The summed E-state index contributed by atoms with van der Waals surface area (Å²) in [5.74, 6) is 0.926. The Morgan fingerprint density at radius 3 is 2.48 bits per heavy atom. The average molecular weight is 414 g/mol. The lowest BCUT2D eigenvalue weighted by molar-refractivity contribution is 0.0953. The number of rotatable bonds is 7. The monoisotopic (exact) mass is 413 g/mol. The van der Waals surface area contributed by atoms with Crippen molar-refractivity contribution >= 4 is 28.2 Å². The number of carbonyl (C=O) groups excluding carboxylic acids is 1. The zero-order valence-electron chi connectivity index (χ0n) is 17.4. The highest BCUT2D eigenvalue weighted by molar-refractivity contribution is 7.14. The van der Waals surface area contributed by atoms with Crippen LogP contribution in [0.25, 0.3) is 0 Å². The van der Waals surface area contributed by atoms with Crippen molar-refractivity contribution in [1.29, 1.82) is 0 Å². The van der Waals surface area contributed by atoms with Gasteiger partial charge in [-0.25, -0.2) is 0 Å². The first-order chi connectivity index (χ1) is 14.2. The Morgan fingerprint density at radius 1 is 1.10 bits per heavy atom. The maximum atomic E-state index is 12.1. The predicted octanol–water partition coefficient (Wildman–Crippen LogP) is 3.18. The van der Waals surface area contributed by atoms with E-state index in [1.807, 2.05) is 31.3 Å². The van der Waals surface area contributed by atoms with Crippen molar-refractivity contribution < 1.29 is 4.79 Å². The number of nitrogens with one attached hydrogen (secondary N) is 2. The van der Waals surface area contributed by atoms with Crippen LogP contribution in [0.5, 0.6) is 0 Å². The third-order valence-corrected chi connectivity index (χ3v) is 6.02. The zero-order chi connectivity index (χ0) is 20.5. The van der Waals surface area contributed by atoms with Gasteiger partial charge in [-0.1, -0.05) is 25.5 Å². The largest absolute Gasteiger partial charge is 0.360 e. The number of anilines is 1. The number of aliphatic imine (C=N–C) groups is 1. The van der Waals surface area contributed by atoms with Crippen LogP contribution in [0.2, 0.25) is 0 Å². The number of benzene rings is 1. The number of amides is 1. The first-order valence-corrected chi connectivity index (χ1v) is 11.2. The molecular formula is C22H31N5OS. The lowest BCUT2D eigenvalue weighted by atomic mass is 10.1. The van der Waals surface area contributed by atoms with Crippen LogP contribution in [0, 0.1) is 0 Å². The van der Waals surface area contributed by atoms with Crippen molar-refractivity contribution in [2.45, 2.75) is 26.3 Å². The van der Waals surface area contributed by atoms with E-state index in [2.05, 4.69) is 49.9 Å². The van der Waals surface area contributed by atoms with Gasteiger partial charge in [0.25, 0.3) is 5.91 Å². The summed E-state index contributed by atoms with van der Waals surface area (Å²) in [7, 11) is 1.83. The Labute approximate surface area is 177 Å². The second kappa shape index (κ2) is 10.9. The zero-order valence-corrected chi connectivity index (χ0v) is 18.2. The van der Waals surface area contributed by atoms with Crippen LogP contribution in [-0.4, -0.2) is 56.5 Å². The Morgan fingerprint density at radius 2 is 1.86 bits per heavy atom. The lowest BCUT2D eigenvalue weighted by Crippen LogP contribution is -2.52. The van der Waals surface area contributed by atoms with Crippen molar-refractivity contribution in [1.82, 2.24) is 15.5 Å². The lowest BCUT2D eigenvalue weighted by Gasteiger charge is -2.37. The minimum Gasteiger partial charge on any atom is -0.360 e. The molecule has 2 heterocycles. The third-order valence-electron chi connectivity index (χ3n) is 5.09. The summed E-state index contributed by atoms with van der Waals surface area (Å²) < 4.78 is 0. The molecule has 1 aliphatic rings. The topological polar surface area (TPSA) is 60.0 Å². The molecule has 6 nitrogen and oxygen atoms in total. The molecule has 0 saturated carbocycles. The van der Waals surface area contributed by atoms with Crippen LogP contribution in [0.15, 0.2) is 46.8 Å². The molecule has 1 saturated heterocycles. The minimum absolute atomic E-state index is 0.00243. The van der Waals surface area contributed by atoms with Crippen LogP contribution >= 0.6 is 11.3 Å². The van der Waals surface area contributed by atoms with Gasteiger partial charge in [0.2, 0.25) is 0 Å². The second-order valence-corrected chi connectivity index (χ2v) is 8.06. The van der Waals surface area contributed by atoms with Gasteiger partial charge in [-0.15, -0.1) is 11.3 Å². The summed E-state index contributed by atoms with van der Waals surface area (Å²) >= 11 is 1.79. The van der Waals surface area contributed by atoms with Gasteiger partial charge in [0.15, 0.2) is 5.96 Å². The molecule has 0 unspecified atom stereocenters. The van der Waals surface area contributed by atoms with Crippen LogP contribution in [0.1, 0.15) is 35.7 Å². The fraction of sp³-hybridized carbons (Fsp3) is 0.455. The molecule has 0 aliphatic carbocycles. The molecule has 156 valence electrons. The quantitative estimate of drug-likeness (QED) is 0.416. The molecule has 7 heteroatoms. The SMILES string of the molecule is CCCCNC(=O)c1ccc(CNC(=NC)N2CCN(c3cccs3)CC2)cc1. The predicted molar refractivity (Wildman–Crippen MR) is 122 cm³/mol. The molecule has 1 amide bonds. The van der Waals surface area contributed by atoms with Crippen LogP contribution in [-0.2, 0) is 6.54 Å². The van der Waals surface area contributed by atoms with Gasteiger partial charge in [-0.2, -0.15) is 0 Å². The van der Waals surface area contributed by atoms with E-state index in [9.17, 15) is 4.79 Å². The Balaban J connectivity index is 1.46. The molecule has 2 aromatic rings. The Hall–Kier alpha value is -2.54. The van der Waals surface area contributed by atoms with Gasteiger partial charge in [-0.05, 0) is 41.6 Å². The molecule has 1 fully saturated rings. The van der Waals surface area contributed by atoms with E-state index >= 15 is 0 Å². The maximum Gasteiger partial charge on any atom is 0.251 e. The fourth-order valence-corrected chi connectivity index (χ4v) is 4.14. The van der Waals surface area contributed by atoms with E-state index in [0.717, 1.165) is 57.1 Å². The molecule has 0 atom stereocenters. The Bertz CT molecular complexity index is 780. The normalized spacial score (nSPS) is 14.8. The smallest absolute Gasteiger partial charge is 0.251 e. The number of unbranched alkanes of at least 4 members (excludes halogenated alkanes) is 1. The van der Waals surface area contributed by atoms with Gasteiger partial charge >= 0.3 is 0 Å². The highest BCUT2D eigenvalue weighted by Crippen LogP contribution is 2.22. The molecule has 1 aromatic carbocycles. The molecular weight excluding hydrogens is 382 g/mol. The van der Waals surface area contributed by atoms with E-state index in [4.69, 9.17) is 0 Å². The van der Waals surface area contributed by atoms with E-state index < -0.39 is 0 Å². The number of nitrogens with zero attached hydrogens (tertiary/aromatic N) is 3. The van der Waals surface area contributed by atoms with Crippen LogP contribution < -0.4 is 15.5 Å². The number of hydrogen-bond acceptors (Lipinski definition) is 4. The summed E-state index contributed by atoms with van der Waals surface area (Å²) in [6.45, 7) is 7.45. The van der Waals surface area contributed by atoms with Gasteiger partial charge < -0.3 is 20.4 Å². The van der Waals surface area contributed by atoms with Gasteiger partial charge in [0.05, 0.1) is 5.00 Å². The average Bonchev–Trinajstić information content (AvgIpc) is 3.30. The highest BCUT2D eigenvalue weighted by atomic mass is 32.1. The number of piperazine rings is 1. The maximum absolute atomic E-state index is 12.1. The first kappa shape index (κ1) is 21.2. The molecule has 0 spiro atoms. The summed E-state index contributed by atoms with van der Waals surface area (Å²) in [6, 6.07) is 12.1. The molecule has 1 aliphatic heterocycles. The standard InChI is InChI=1S/C22H31N5OS/c1-3-4-11-24-21(28)19-9-7-18(8-10-19)17-25-22(23-2)27-14-12-26(13-15-27)20-6-5-16-29-20/h5-10,16H,3-4,11-15,17H2,1-2H3,(H,23,25)(H,24,28). The summed E-state index contributed by atoms with van der Waals surface area (Å²) in [4.78, 5) is 21.3. The van der Waals surface area contributed by atoms with Crippen molar-refractivity contribution in [2.24, 2.45) is 4.99 Å². The minimum atomic E-state index is -0.00243. The van der Waals surface area contributed by atoms with Crippen molar-refractivity contribution in [2.75, 3.05) is 44.7 Å². The van der Waals surface area contributed by atoms with E-state index in [0.29, 0.717) is 12.1 Å². The van der Waals surface area contributed by atoms with Gasteiger partial charge in [-0.3, -0.25) is 9.79 Å². The summed E-state index contributed by atoms with van der Waals surface area (Å²) in [5, 5.41) is 9.87. The Kier molecular flexibility index (Phi) is 7.93. The number of hydrogen-bond donors (Lipinski definition) is 2. The number of thiophene rings is 1. The molecule has 29 heavy (non-hydrogen) atoms. The number of carbonyl (C=O) groups is 1. The van der Waals surface area contributed by atoms with Gasteiger partial charge in [0, 0.05) is 51.9 Å². The van der Waals surface area contributed by atoms with Crippen molar-refractivity contribution in [3.63, 3.8) is 0 Å².